The van der Waals surface area contributed by atoms with Gasteiger partial charge >= 0.3 is 6.03 Å². The highest BCUT2D eigenvalue weighted by molar-refractivity contribution is 8.00. The maximum Gasteiger partial charge on any atom is 0.315 e. The van der Waals surface area contributed by atoms with Crippen LogP contribution < -0.4 is 59.3 Å². The molecule has 74 heavy (non-hydrogen) atoms. The zero-order valence-electron chi connectivity index (χ0n) is 44.2. The Labute approximate surface area is 441 Å². The van der Waals surface area contributed by atoms with Gasteiger partial charge in [-0.25, -0.2) is 4.79 Å². The van der Waals surface area contributed by atoms with Crippen LogP contribution in [-0.4, -0.2) is 181 Å². The average molecular weight is 1070 g/mol. The summed E-state index contributed by atoms with van der Waals surface area (Å²) < 4.78 is 21.5. The molecule has 0 bridgehead atoms. The summed E-state index contributed by atoms with van der Waals surface area (Å²) in [5.74, 6) is -1.46. The molecule has 0 aromatic rings. The minimum absolute atomic E-state index is 0.0566. The minimum atomic E-state index is -0.748. The van der Waals surface area contributed by atoms with E-state index in [1.165, 1.54) is 0 Å². The third-order valence-electron chi connectivity index (χ3n) is 12.6. The zero-order chi connectivity index (χ0) is 54.4. The van der Waals surface area contributed by atoms with E-state index >= 15 is 0 Å². The van der Waals surface area contributed by atoms with Gasteiger partial charge < -0.3 is 78.3 Å². The van der Waals surface area contributed by atoms with Gasteiger partial charge in [0.1, 0.15) is 19.3 Å². The molecule has 25 heteroatoms. The van der Waals surface area contributed by atoms with Crippen LogP contribution in [0.4, 0.5) is 4.79 Å². The number of hydrogen-bond acceptors (Lipinski definition) is 15. The summed E-state index contributed by atoms with van der Waals surface area (Å²) >= 11 is 1.83. The normalized spacial score (nSPS) is 18.0. The highest BCUT2D eigenvalue weighted by Crippen LogP contribution is 2.39. The number of carbonyl (C=O) groups excluding carboxylic acids is 9. The Morgan fingerprint density at radius 1 is 0.608 bits per heavy atom. The molecule has 2 heterocycles. The molecule has 2 fully saturated rings. The third kappa shape index (κ3) is 29.9. The first-order valence-corrected chi connectivity index (χ1v) is 27.5. The Hall–Kier alpha value is -4.82. The first-order chi connectivity index (χ1) is 35.6. The molecule has 10 amide bonds. The number of nitrogens with one attached hydrogen (secondary N) is 9. The number of likely N-dealkylation sites (N-methyl/N-ethyl adjacent to an activating group) is 1. The number of unbranched alkanes of at least 4 members (excludes halogenated alkanes) is 4. The lowest BCUT2D eigenvalue weighted by molar-refractivity contribution is -0.129. The van der Waals surface area contributed by atoms with E-state index in [-0.39, 0.29) is 155 Å². The molecule has 2 aliphatic heterocycles. The molecule has 13 N–H and O–H groups in total. The molecule has 0 saturated carbocycles. The first-order valence-electron chi connectivity index (χ1n) is 26.5. The van der Waals surface area contributed by atoms with Crippen molar-refractivity contribution in [2.24, 2.45) is 17.4 Å². The van der Waals surface area contributed by atoms with Crippen LogP contribution in [0.3, 0.4) is 0 Å². The topological polar surface area (TPSA) is 351 Å². The molecule has 0 aliphatic carbocycles. The summed E-state index contributed by atoms with van der Waals surface area (Å²) in [6.45, 7) is 6.94. The van der Waals surface area contributed by atoms with Crippen molar-refractivity contribution in [2.45, 2.75) is 152 Å². The van der Waals surface area contributed by atoms with E-state index in [9.17, 15) is 43.2 Å². The largest absolute Gasteiger partial charge is 0.377 e. The first kappa shape index (κ1) is 65.3. The van der Waals surface area contributed by atoms with Crippen molar-refractivity contribution in [2.75, 3.05) is 98.4 Å². The van der Waals surface area contributed by atoms with Crippen molar-refractivity contribution >= 4 is 65.1 Å². The van der Waals surface area contributed by atoms with Crippen LogP contribution in [0.5, 0.6) is 0 Å². The summed E-state index contributed by atoms with van der Waals surface area (Å²) in [5, 5.41) is 26.0. The van der Waals surface area contributed by atoms with Crippen LogP contribution >= 0.6 is 11.8 Å². The second-order valence-corrected chi connectivity index (χ2v) is 20.0. The number of fused-ring (bicyclic) bond motifs is 1. The van der Waals surface area contributed by atoms with Gasteiger partial charge in [0.05, 0.1) is 57.3 Å². The molecular formula is C49H89N11O13S. The SMILES string of the molecule is CC[C@@H](CCCCNC(=O)COCCOCCNC(=O)COCCOCCNC(=O)CCCC(=O)NCCCC[C@H](NC(=O)CCCC[C@@H]1SC[C@]2(C)NC(=O)N[C@H]12)C(=O)NCCCC[C@H](NC)C(N)=O)C(N)=O. The van der Waals surface area contributed by atoms with Crippen molar-refractivity contribution in [3.63, 3.8) is 0 Å². The molecule has 0 aromatic carbocycles. The maximum absolute atomic E-state index is 13.2. The highest BCUT2D eigenvalue weighted by atomic mass is 32.2. The Balaban J connectivity index is 1.48. The fourth-order valence-electron chi connectivity index (χ4n) is 8.31. The van der Waals surface area contributed by atoms with Gasteiger partial charge in [0.25, 0.3) is 0 Å². The number of hydrogen-bond donors (Lipinski definition) is 11. The Morgan fingerprint density at radius 3 is 1.69 bits per heavy atom. The van der Waals surface area contributed by atoms with Gasteiger partial charge in [0, 0.05) is 68.9 Å². The van der Waals surface area contributed by atoms with E-state index < -0.39 is 18.0 Å². The highest BCUT2D eigenvalue weighted by Gasteiger charge is 2.51. The number of carbonyl (C=O) groups is 9. The summed E-state index contributed by atoms with van der Waals surface area (Å²) in [6.07, 6.45) is 9.62. The third-order valence-corrected chi connectivity index (χ3v) is 14.3. The fraction of sp³-hybridized carbons (Fsp3) is 0.816. The molecule has 2 saturated heterocycles. The molecule has 24 nitrogen and oxygen atoms in total. The molecule has 0 aromatic heterocycles. The van der Waals surface area contributed by atoms with Crippen LogP contribution in [0.25, 0.3) is 0 Å². The van der Waals surface area contributed by atoms with E-state index in [1.807, 2.05) is 25.6 Å². The lowest BCUT2D eigenvalue weighted by Gasteiger charge is -2.23. The molecular weight excluding hydrogens is 983 g/mol. The summed E-state index contributed by atoms with van der Waals surface area (Å²) in [5.41, 5.74) is 10.5. The number of rotatable bonds is 46. The smallest absolute Gasteiger partial charge is 0.315 e. The quantitative estimate of drug-likeness (QED) is 0.0271. The summed E-state index contributed by atoms with van der Waals surface area (Å²) in [7, 11) is 1.67. The Morgan fingerprint density at radius 2 is 1.12 bits per heavy atom. The van der Waals surface area contributed by atoms with Gasteiger partial charge in [-0.05, 0) is 91.0 Å². The molecule has 6 atom stereocenters. The van der Waals surface area contributed by atoms with E-state index in [4.69, 9.17) is 30.4 Å². The van der Waals surface area contributed by atoms with Gasteiger partial charge in [0.2, 0.25) is 47.3 Å². The molecule has 0 radical (unpaired) electrons. The second kappa shape index (κ2) is 39.6. The Bertz CT molecular complexity index is 1720. The lowest BCUT2D eigenvalue weighted by atomic mass is 9.92. The van der Waals surface area contributed by atoms with Gasteiger partial charge in [-0.2, -0.15) is 11.8 Å². The van der Waals surface area contributed by atoms with Crippen molar-refractivity contribution in [1.29, 1.82) is 0 Å². The molecule has 424 valence electrons. The van der Waals surface area contributed by atoms with Crippen LogP contribution in [-0.2, 0) is 57.3 Å². The van der Waals surface area contributed by atoms with Gasteiger partial charge in [-0.15, -0.1) is 0 Å². The summed E-state index contributed by atoms with van der Waals surface area (Å²) in [6, 6.07) is -1.27. The number of ether oxygens (including phenoxy) is 4. The number of amides is 10. The standard InChI is InChI=1S/C49H89N11O13S/c1-4-35(45(50)66)14-7-10-22-54-42(64)32-72-30-29-71-27-25-56-43(65)33-73-31-28-70-26-24-55-40(62)20-13-19-39(61)53-21-11-9-16-37(47(68)57-23-12-8-15-36(52-3)46(51)67)58-41(63)18-6-5-17-38-44-49(2,34-74-38)60-48(69)59-44/h35-38,44,52H,4-34H2,1-3H3,(H2,50,66)(H2,51,67)(H,53,61)(H,54,64)(H,55,62)(H,56,65)(H,57,68)(H,58,63)(H2,59,60,69)/t35-,36-,37-,38-,44+,49-/m0/s1. The molecule has 2 aliphatic rings. The number of primary amides is 2. The van der Waals surface area contributed by atoms with E-state index in [1.54, 1.807) is 7.05 Å². The zero-order valence-corrected chi connectivity index (χ0v) is 45.0. The second-order valence-electron chi connectivity index (χ2n) is 18.8. The van der Waals surface area contributed by atoms with E-state index in [2.05, 4.69) is 47.9 Å². The lowest BCUT2D eigenvalue weighted by Crippen LogP contribution is -2.47. The van der Waals surface area contributed by atoms with Crippen molar-refractivity contribution < 1.29 is 62.1 Å². The van der Waals surface area contributed by atoms with E-state index in [0.717, 1.165) is 31.4 Å². The number of thioether (sulfide) groups is 1. The maximum atomic E-state index is 13.2. The van der Waals surface area contributed by atoms with Gasteiger partial charge in [-0.3, -0.25) is 38.4 Å². The van der Waals surface area contributed by atoms with Gasteiger partial charge in [-0.1, -0.05) is 19.8 Å². The number of urea groups is 1. The number of nitrogens with two attached hydrogens (primary N) is 2. The van der Waals surface area contributed by atoms with Crippen LogP contribution in [0.1, 0.15) is 123 Å². The van der Waals surface area contributed by atoms with Crippen LogP contribution in [0, 0.1) is 5.92 Å². The van der Waals surface area contributed by atoms with Crippen molar-refractivity contribution in [3.05, 3.63) is 0 Å². The monoisotopic (exact) mass is 1070 g/mol. The predicted molar refractivity (Wildman–Crippen MR) is 279 cm³/mol. The Kier molecular flexibility index (Phi) is 34.9. The predicted octanol–water partition coefficient (Wildman–Crippen LogP) is -0.500. The van der Waals surface area contributed by atoms with Gasteiger partial charge in [0.15, 0.2) is 0 Å². The molecule has 0 unspecified atom stereocenters. The van der Waals surface area contributed by atoms with Crippen LogP contribution in [0.15, 0.2) is 0 Å². The minimum Gasteiger partial charge on any atom is -0.377 e. The molecule has 2 rings (SSSR count). The van der Waals surface area contributed by atoms with Crippen molar-refractivity contribution in [3.8, 4) is 0 Å². The average Bonchev–Trinajstić information content (AvgIpc) is 3.83. The van der Waals surface area contributed by atoms with Crippen molar-refractivity contribution in [1.82, 2.24) is 47.9 Å². The molecule has 0 spiro atoms. The fourth-order valence-corrected chi connectivity index (χ4v) is 10.0. The van der Waals surface area contributed by atoms with Crippen LogP contribution in [0.2, 0.25) is 0 Å². The summed E-state index contributed by atoms with van der Waals surface area (Å²) in [4.78, 5) is 109. The van der Waals surface area contributed by atoms with E-state index in [0.29, 0.717) is 83.8 Å².